The van der Waals surface area contributed by atoms with Crippen molar-refractivity contribution in [1.29, 1.82) is 0 Å². The molecule has 0 saturated carbocycles. The molecule has 1 atom stereocenters. The molecule has 1 N–H and O–H groups in total. The van der Waals surface area contributed by atoms with Gasteiger partial charge in [-0.2, -0.15) is 0 Å². The van der Waals surface area contributed by atoms with Crippen molar-refractivity contribution in [3.63, 3.8) is 0 Å². The van der Waals surface area contributed by atoms with Gasteiger partial charge in [-0.05, 0) is 55.5 Å². The highest BCUT2D eigenvalue weighted by molar-refractivity contribution is 6.33. The molecule has 2 aromatic rings. The Bertz CT molecular complexity index is 978. The Kier molecular flexibility index (Phi) is 5.95. The molecule has 3 aliphatic rings. The fourth-order valence-electron chi connectivity index (χ4n) is 4.98. The summed E-state index contributed by atoms with van der Waals surface area (Å²) in [5.74, 6) is 0.884. The highest BCUT2D eigenvalue weighted by Crippen LogP contribution is 2.33. The van der Waals surface area contributed by atoms with Crippen molar-refractivity contribution in [3.8, 4) is 0 Å². The van der Waals surface area contributed by atoms with Crippen LogP contribution in [0.3, 0.4) is 0 Å². The van der Waals surface area contributed by atoms with Crippen molar-refractivity contribution in [2.75, 3.05) is 42.9 Å². The van der Waals surface area contributed by atoms with Gasteiger partial charge < -0.3 is 15.1 Å². The normalized spacial score (nSPS) is 21.3. The van der Waals surface area contributed by atoms with Crippen LogP contribution in [-0.2, 0) is 6.54 Å². The van der Waals surface area contributed by atoms with Crippen molar-refractivity contribution in [3.05, 3.63) is 51.6 Å². The quantitative estimate of drug-likeness (QED) is 0.730. The van der Waals surface area contributed by atoms with Crippen LogP contribution < -0.4 is 10.2 Å². The van der Waals surface area contributed by atoms with Gasteiger partial charge in [-0.15, -0.1) is 0 Å². The number of likely N-dealkylation sites (tertiary alicyclic amines) is 2. The molecule has 1 aromatic heterocycles. The van der Waals surface area contributed by atoms with Crippen molar-refractivity contribution < 1.29 is 4.79 Å². The van der Waals surface area contributed by atoms with E-state index in [0.29, 0.717) is 22.2 Å². The number of benzene rings is 1. The fraction of sp³-hybridized carbons (Fsp3) is 0.478. The first-order valence-electron chi connectivity index (χ1n) is 11.1. The van der Waals surface area contributed by atoms with Crippen molar-refractivity contribution >= 4 is 40.6 Å². The Labute approximate surface area is 193 Å². The predicted octanol–water partition coefficient (Wildman–Crippen LogP) is 4.48. The Morgan fingerprint density at radius 2 is 1.94 bits per heavy atom. The van der Waals surface area contributed by atoms with Crippen LogP contribution in [0.15, 0.2) is 30.5 Å². The Hall–Kier alpha value is -2.02. The number of pyridine rings is 1. The zero-order valence-electron chi connectivity index (χ0n) is 17.5. The summed E-state index contributed by atoms with van der Waals surface area (Å²) in [5, 5.41) is 4.70. The van der Waals surface area contributed by atoms with Gasteiger partial charge in [-0.25, -0.2) is 4.98 Å². The zero-order chi connectivity index (χ0) is 21.4. The van der Waals surface area contributed by atoms with Gasteiger partial charge in [0.15, 0.2) is 0 Å². The highest BCUT2D eigenvalue weighted by atomic mass is 35.5. The molecule has 0 aliphatic carbocycles. The molecule has 1 unspecified atom stereocenters. The zero-order valence-corrected chi connectivity index (χ0v) is 19.0. The maximum Gasteiger partial charge on any atom is 0.256 e. The van der Waals surface area contributed by atoms with Gasteiger partial charge in [-0.1, -0.05) is 23.2 Å². The van der Waals surface area contributed by atoms with Crippen LogP contribution in [0.1, 0.15) is 41.6 Å². The first-order valence-corrected chi connectivity index (χ1v) is 11.8. The van der Waals surface area contributed by atoms with Gasteiger partial charge in [-0.3, -0.25) is 9.69 Å². The van der Waals surface area contributed by atoms with E-state index in [1.807, 2.05) is 23.1 Å². The molecule has 31 heavy (non-hydrogen) atoms. The van der Waals surface area contributed by atoms with Gasteiger partial charge in [0, 0.05) is 55.5 Å². The molecule has 2 saturated heterocycles. The van der Waals surface area contributed by atoms with Crippen molar-refractivity contribution in [2.45, 2.75) is 38.4 Å². The lowest BCUT2D eigenvalue weighted by molar-refractivity contribution is 0.0530. The number of rotatable bonds is 4. The van der Waals surface area contributed by atoms with Crippen molar-refractivity contribution in [2.24, 2.45) is 0 Å². The number of hydrogen-bond donors (Lipinski definition) is 1. The lowest BCUT2D eigenvalue weighted by Crippen LogP contribution is -2.46. The summed E-state index contributed by atoms with van der Waals surface area (Å²) in [7, 11) is 0. The fourth-order valence-corrected chi connectivity index (χ4v) is 5.35. The molecule has 0 spiro atoms. The molecule has 2 fully saturated rings. The minimum absolute atomic E-state index is 0.0796. The topological polar surface area (TPSA) is 51.7 Å². The second-order valence-electron chi connectivity index (χ2n) is 8.54. The number of aromatic nitrogens is 1. The van der Waals surface area contributed by atoms with Gasteiger partial charge in [0.05, 0.1) is 17.4 Å². The number of amides is 1. The minimum atomic E-state index is 0.0796. The molecular formula is C23H27Cl2N5O. The number of halogens is 2. The average Bonchev–Trinajstić information content (AvgIpc) is 3.47. The Morgan fingerprint density at radius 3 is 2.77 bits per heavy atom. The smallest absolute Gasteiger partial charge is 0.256 e. The maximum atomic E-state index is 13.4. The third-order valence-corrected chi connectivity index (χ3v) is 7.15. The summed E-state index contributed by atoms with van der Waals surface area (Å²) in [5.41, 5.74) is 2.55. The molecule has 0 bridgehead atoms. The molecule has 3 aliphatic heterocycles. The van der Waals surface area contributed by atoms with Gasteiger partial charge >= 0.3 is 0 Å². The summed E-state index contributed by atoms with van der Waals surface area (Å²) in [6.45, 7) is 5.21. The number of carbonyl (C=O) groups is 1. The van der Waals surface area contributed by atoms with E-state index in [2.05, 4.69) is 20.1 Å². The van der Waals surface area contributed by atoms with Crippen LogP contribution in [-0.4, -0.2) is 59.6 Å². The monoisotopic (exact) mass is 459 g/mol. The van der Waals surface area contributed by atoms with Gasteiger partial charge in [0.2, 0.25) is 0 Å². The molecule has 1 aromatic carbocycles. The predicted molar refractivity (Wildman–Crippen MR) is 125 cm³/mol. The lowest BCUT2D eigenvalue weighted by Gasteiger charge is -2.34. The SMILES string of the molecule is O=C(c1cnc2c(c1)N(Cc1cc(Cl)ccc1Cl)CCN2)N1CCCC1N1CCCC1. The van der Waals surface area contributed by atoms with Gasteiger partial charge in [0.25, 0.3) is 5.91 Å². The van der Waals surface area contributed by atoms with E-state index in [9.17, 15) is 4.79 Å². The number of nitrogens with one attached hydrogen (secondary N) is 1. The maximum absolute atomic E-state index is 13.4. The standard InChI is InChI=1S/C23H27Cl2N5O/c24-18-5-6-19(25)17(12-18)15-29-11-7-26-22-20(29)13-16(14-27-22)23(31)30-10-3-4-21(30)28-8-1-2-9-28/h5-6,12-14,21H,1-4,7-11,15H2,(H,26,27). The minimum Gasteiger partial charge on any atom is -0.367 e. The van der Waals surface area contributed by atoms with Gasteiger partial charge in [0.1, 0.15) is 5.82 Å². The summed E-state index contributed by atoms with van der Waals surface area (Å²) in [4.78, 5) is 24.8. The number of carbonyl (C=O) groups excluding carboxylic acids is 1. The summed E-state index contributed by atoms with van der Waals surface area (Å²) < 4.78 is 0. The Morgan fingerprint density at radius 1 is 1.10 bits per heavy atom. The number of fused-ring (bicyclic) bond motifs is 1. The van der Waals surface area contributed by atoms with E-state index in [1.54, 1.807) is 12.3 Å². The summed E-state index contributed by atoms with van der Waals surface area (Å²) in [6, 6.07) is 7.50. The molecule has 0 radical (unpaired) electrons. The summed E-state index contributed by atoms with van der Waals surface area (Å²) in [6.07, 6.45) is 6.52. The Balaban J connectivity index is 1.40. The van der Waals surface area contributed by atoms with E-state index in [0.717, 1.165) is 62.6 Å². The van der Waals surface area contributed by atoms with E-state index < -0.39 is 0 Å². The third-order valence-electron chi connectivity index (χ3n) is 6.54. The van der Waals surface area contributed by atoms with E-state index in [4.69, 9.17) is 23.2 Å². The second kappa shape index (κ2) is 8.85. The number of nitrogens with zero attached hydrogens (tertiary/aromatic N) is 4. The highest BCUT2D eigenvalue weighted by Gasteiger charge is 2.35. The molecule has 4 heterocycles. The van der Waals surface area contributed by atoms with Crippen LogP contribution in [0.5, 0.6) is 0 Å². The lowest BCUT2D eigenvalue weighted by atomic mass is 10.1. The number of hydrogen-bond acceptors (Lipinski definition) is 5. The molecule has 5 rings (SSSR count). The molecular weight excluding hydrogens is 433 g/mol. The third kappa shape index (κ3) is 4.21. The molecule has 1 amide bonds. The first kappa shape index (κ1) is 20.9. The van der Waals surface area contributed by atoms with Crippen LogP contribution in [0.25, 0.3) is 0 Å². The first-order chi connectivity index (χ1) is 15.1. The van der Waals surface area contributed by atoms with Crippen LogP contribution in [0, 0.1) is 0 Å². The second-order valence-corrected chi connectivity index (χ2v) is 9.38. The molecule has 6 nitrogen and oxygen atoms in total. The van der Waals surface area contributed by atoms with Crippen LogP contribution in [0.4, 0.5) is 11.5 Å². The van der Waals surface area contributed by atoms with Crippen LogP contribution in [0.2, 0.25) is 10.0 Å². The average molecular weight is 460 g/mol. The van der Waals surface area contributed by atoms with Crippen LogP contribution >= 0.6 is 23.2 Å². The van der Waals surface area contributed by atoms with E-state index in [-0.39, 0.29) is 12.1 Å². The van der Waals surface area contributed by atoms with E-state index in [1.165, 1.54) is 12.8 Å². The number of anilines is 2. The molecule has 164 valence electrons. The van der Waals surface area contributed by atoms with Crippen molar-refractivity contribution in [1.82, 2.24) is 14.8 Å². The largest absolute Gasteiger partial charge is 0.367 e. The summed E-state index contributed by atoms with van der Waals surface area (Å²) >= 11 is 12.6. The van der Waals surface area contributed by atoms with E-state index >= 15 is 0 Å². The molecule has 8 heteroatoms.